The number of unbranched alkanes of at least 4 members (excludes halogenated alkanes) is 1. The first-order chi connectivity index (χ1) is 14.5. The molecule has 1 heterocycles. The highest BCUT2D eigenvalue weighted by Crippen LogP contribution is 2.29. The van der Waals surface area contributed by atoms with Crippen molar-refractivity contribution in [1.29, 1.82) is 0 Å². The van der Waals surface area contributed by atoms with Crippen molar-refractivity contribution in [3.05, 3.63) is 59.7 Å². The van der Waals surface area contributed by atoms with Gasteiger partial charge in [0.15, 0.2) is 17.5 Å². The van der Waals surface area contributed by atoms with Crippen LogP contribution in [0.15, 0.2) is 53.5 Å². The molecule has 3 rings (SSSR count). The summed E-state index contributed by atoms with van der Waals surface area (Å²) in [4.78, 5) is 4.42. The molecule has 0 aliphatic carbocycles. The Bertz CT molecular complexity index is 942. The van der Waals surface area contributed by atoms with Gasteiger partial charge in [-0.25, -0.2) is 4.99 Å². The number of nitrogens with one attached hydrogen (secondary N) is 1. The summed E-state index contributed by atoms with van der Waals surface area (Å²) in [5.74, 6) is 2.56. The number of hydrogen-bond acceptors (Lipinski definition) is 7. The highest BCUT2D eigenvalue weighted by atomic mass is 16.5. The molecule has 0 fully saturated rings. The Morgan fingerprint density at radius 1 is 0.967 bits per heavy atom. The van der Waals surface area contributed by atoms with Gasteiger partial charge in [0.25, 0.3) is 0 Å². The molecule has 0 spiro atoms. The van der Waals surface area contributed by atoms with Crippen molar-refractivity contribution >= 4 is 11.7 Å². The minimum atomic E-state index is -0.748. The minimum absolute atomic E-state index is 0.317. The van der Waals surface area contributed by atoms with Crippen LogP contribution in [0, 0.1) is 0 Å². The van der Waals surface area contributed by atoms with Gasteiger partial charge in [0.1, 0.15) is 11.4 Å². The van der Waals surface area contributed by atoms with E-state index in [0.717, 1.165) is 54.2 Å². The highest BCUT2D eigenvalue weighted by Gasteiger charge is 2.27. The highest BCUT2D eigenvalue weighted by molar-refractivity contribution is 5.88. The third kappa shape index (κ3) is 5.24. The number of benzene rings is 2. The van der Waals surface area contributed by atoms with Gasteiger partial charge in [-0.3, -0.25) is 0 Å². The van der Waals surface area contributed by atoms with Gasteiger partial charge in [-0.15, -0.1) is 0 Å². The maximum atomic E-state index is 6.59. The molecule has 0 radical (unpaired) electrons. The Morgan fingerprint density at radius 3 is 2.50 bits per heavy atom. The molecule has 1 aliphatic rings. The average molecular weight is 411 g/mol. The summed E-state index contributed by atoms with van der Waals surface area (Å²) in [6.07, 6.45) is 5.49. The van der Waals surface area contributed by atoms with E-state index in [1.807, 2.05) is 42.5 Å². The van der Waals surface area contributed by atoms with Crippen molar-refractivity contribution in [2.45, 2.75) is 31.3 Å². The van der Waals surface area contributed by atoms with Gasteiger partial charge < -0.3 is 31.0 Å². The Kier molecular flexibility index (Phi) is 6.84. The molecule has 0 saturated carbocycles. The second kappa shape index (κ2) is 9.54. The van der Waals surface area contributed by atoms with Gasteiger partial charge in [0, 0.05) is 5.56 Å². The van der Waals surface area contributed by atoms with E-state index in [0.29, 0.717) is 5.96 Å². The number of guanidine groups is 1. The molecular weight excluding hydrogens is 380 g/mol. The Balaban J connectivity index is 1.63. The topological polar surface area (TPSA) is 104 Å². The van der Waals surface area contributed by atoms with Gasteiger partial charge >= 0.3 is 0 Å². The largest absolute Gasteiger partial charge is 0.497 e. The van der Waals surface area contributed by atoms with Crippen molar-refractivity contribution in [3.63, 3.8) is 0 Å². The summed E-state index contributed by atoms with van der Waals surface area (Å²) in [5.41, 5.74) is 14.7. The van der Waals surface area contributed by atoms with E-state index in [1.165, 1.54) is 5.56 Å². The molecule has 0 bridgehead atoms. The smallest absolute Gasteiger partial charge is 0.195 e. The molecule has 5 N–H and O–H groups in total. The van der Waals surface area contributed by atoms with Crippen LogP contribution < -0.4 is 31.0 Å². The normalized spacial score (nSPS) is 18.1. The van der Waals surface area contributed by atoms with E-state index in [1.54, 1.807) is 21.3 Å². The van der Waals surface area contributed by atoms with Gasteiger partial charge in [0.05, 0.1) is 27.0 Å². The molecule has 7 heteroatoms. The van der Waals surface area contributed by atoms with Crippen LogP contribution in [-0.2, 0) is 6.42 Å². The van der Waals surface area contributed by atoms with Crippen LogP contribution in [0.2, 0.25) is 0 Å². The fraction of sp³-hybridized carbons (Fsp3) is 0.348. The lowest BCUT2D eigenvalue weighted by Crippen LogP contribution is -2.58. The van der Waals surface area contributed by atoms with Crippen LogP contribution >= 0.6 is 0 Å². The van der Waals surface area contributed by atoms with Crippen molar-refractivity contribution in [2.75, 3.05) is 21.3 Å². The maximum absolute atomic E-state index is 6.59. The fourth-order valence-electron chi connectivity index (χ4n) is 3.56. The van der Waals surface area contributed by atoms with E-state index in [9.17, 15) is 0 Å². The number of aryl methyl sites for hydroxylation is 1. The molecule has 0 saturated heterocycles. The Morgan fingerprint density at radius 2 is 1.77 bits per heavy atom. The molecule has 2 aromatic rings. The third-order valence-corrected chi connectivity index (χ3v) is 5.12. The molecule has 1 unspecified atom stereocenters. The molecular formula is C23H30N4O3. The van der Waals surface area contributed by atoms with E-state index < -0.39 is 5.66 Å². The van der Waals surface area contributed by atoms with Crippen LogP contribution in [0.4, 0.5) is 0 Å². The molecule has 30 heavy (non-hydrogen) atoms. The molecule has 160 valence electrons. The zero-order valence-corrected chi connectivity index (χ0v) is 17.8. The van der Waals surface area contributed by atoms with Crippen molar-refractivity contribution in [1.82, 2.24) is 5.32 Å². The van der Waals surface area contributed by atoms with Gasteiger partial charge in [0.2, 0.25) is 0 Å². The molecule has 0 aromatic heterocycles. The number of rotatable bonds is 9. The Hall–Kier alpha value is -3.19. The van der Waals surface area contributed by atoms with Gasteiger partial charge in [-0.2, -0.15) is 0 Å². The number of hydrogen-bond donors (Lipinski definition) is 3. The predicted molar refractivity (Wildman–Crippen MR) is 120 cm³/mol. The minimum Gasteiger partial charge on any atom is -0.497 e. The summed E-state index contributed by atoms with van der Waals surface area (Å²) in [7, 11) is 4.92. The lowest BCUT2D eigenvalue weighted by molar-refractivity contribution is 0.354. The second-order valence-corrected chi connectivity index (χ2v) is 7.32. The van der Waals surface area contributed by atoms with E-state index in [-0.39, 0.29) is 0 Å². The lowest BCUT2D eigenvalue weighted by Gasteiger charge is -2.32. The SMILES string of the molecule is COc1cccc(C2=CC(N)(CCCCc3ccc(OC)c(OC)c3)NC(N)=N2)c1. The first-order valence-electron chi connectivity index (χ1n) is 9.96. The van der Waals surface area contributed by atoms with Gasteiger partial charge in [-0.05, 0) is 61.6 Å². The van der Waals surface area contributed by atoms with Crippen LogP contribution in [-0.4, -0.2) is 33.0 Å². The summed E-state index contributed by atoms with van der Waals surface area (Å²) in [5, 5.41) is 3.11. The average Bonchev–Trinajstić information content (AvgIpc) is 2.76. The van der Waals surface area contributed by atoms with Crippen LogP contribution in [0.3, 0.4) is 0 Å². The quantitative estimate of drug-likeness (QED) is 0.549. The van der Waals surface area contributed by atoms with Crippen LogP contribution in [0.25, 0.3) is 5.70 Å². The van der Waals surface area contributed by atoms with Crippen molar-refractivity contribution < 1.29 is 14.2 Å². The zero-order chi connectivity index (χ0) is 21.6. The summed E-state index contributed by atoms with van der Waals surface area (Å²) in [6, 6.07) is 13.7. The number of ether oxygens (including phenoxy) is 3. The van der Waals surface area contributed by atoms with Crippen molar-refractivity contribution in [3.8, 4) is 17.2 Å². The van der Waals surface area contributed by atoms with Gasteiger partial charge in [-0.1, -0.05) is 18.2 Å². The zero-order valence-electron chi connectivity index (χ0n) is 17.8. The molecule has 1 aliphatic heterocycles. The van der Waals surface area contributed by atoms with E-state index in [4.69, 9.17) is 25.7 Å². The van der Waals surface area contributed by atoms with Crippen molar-refractivity contribution in [2.24, 2.45) is 16.5 Å². The number of methoxy groups -OCH3 is 3. The third-order valence-electron chi connectivity index (χ3n) is 5.12. The molecule has 2 aromatic carbocycles. The summed E-state index contributed by atoms with van der Waals surface area (Å²) in [6.45, 7) is 0. The first kappa shape index (κ1) is 21.5. The van der Waals surface area contributed by atoms with Crippen LogP contribution in [0.1, 0.15) is 30.4 Å². The summed E-state index contributed by atoms with van der Waals surface area (Å²) >= 11 is 0. The molecule has 7 nitrogen and oxygen atoms in total. The molecule has 0 amide bonds. The summed E-state index contributed by atoms with van der Waals surface area (Å²) < 4.78 is 16.0. The number of nitrogens with two attached hydrogens (primary N) is 2. The standard InChI is InChI=1S/C23H30N4O3/c1-28-18-9-6-8-17(14-18)19-15-23(25,27-22(24)26-19)12-5-4-7-16-10-11-20(29-2)21(13-16)30-3/h6,8-11,13-15H,4-5,7,12,25H2,1-3H3,(H3,24,26,27). The second-order valence-electron chi connectivity index (χ2n) is 7.32. The maximum Gasteiger partial charge on any atom is 0.195 e. The Labute approximate surface area is 177 Å². The lowest BCUT2D eigenvalue weighted by atomic mass is 9.96. The number of aliphatic imine (C=N–C) groups is 1. The number of nitrogens with zero attached hydrogens (tertiary/aromatic N) is 1. The van der Waals surface area contributed by atoms with Crippen LogP contribution in [0.5, 0.6) is 17.2 Å². The molecule has 1 atom stereocenters. The van der Waals surface area contributed by atoms with E-state index in [2.05, 4.69) is 16.4 Å². The first-order valence-corrected chi connectivity index (χ1v) is 9.96. The predicted octanol–water partition coefficient (Wildman–Crippen LogP) is 3.04. The fourth-order valence-corrected chi connectivity index (χ4v) is 3.56. The van der Waals surface area contributed by atoms with E-state index >= 15 is 0 Å². The monoisotopic (exact) mass is 410 g/mol.